The van der Waals surface area contributed by atoms with Crippen molar-refractivity contribution >= 4 is 17.3 Å². The van der Waals surface area contributed by atoms with E-state index in [2.05, 4.69) is 4.90 Å². The van der Waals surface area contributed by atoms with Gasteiger partial charge < -0.3 is 10.2 Å². The zero-order chi connectivity index (χ0) is 13.1. The number of anilines is 1. The number of hydrogen-bond acceptors (Lipinski definition) is 3. The highest BCUT2D eigenvalue weighted by atomic mass is 35.5. The Bertz CT molecular complexity index is 516. The average Bonchev–Trinajstić information content (AvgIpc) is 2.61. The van der Waals surface area contributed by atoms with Crippen LogP contribution in [0.25, 0.3) is 0 Å². The van der Waals surface area contributed by atoms with Crippen molar-refractivity contribution in [3.63, 3.8) is 0 Å². The summed E-state index contributed by atoms with van der Waals surface area (Å²) in [6.45, 7) is 3.49. The van der Waals surface area contributed by atoms with Gasteiger partial charge in [0, 0.05) is 17.3 Å². The number of nitrogens with two attached hydrogens (primary N) is 1. The molecule has 0 aliphatic heterocycles. The summed E-state index contributed by atoms with van der Waals surface area (Å²) >= 11 is 5.98. The molecular formula is C14H17ClN2O. The van der Waals surface area contributed by atoms with Crippen LogP contribution in [0.4, 0.5) is 5.69 Å². The van der Waals surface area contributed by atoms with E-state index in [1.54, 1.807) is 6.07 Å². The van der Waals surface area contributed by atoms with Crippen molar-refractivity contribution in [2.24, 2.45) is 0 Å². The number of halogens is 1. The van der Waals surface area contributed by atoms with E-state index in [4.69, 9.17) is 21.8 Å². The molecule has 0 saturated heterocycles. The van der Waals surface area contributed by atoms with Crippen LogP contribution in [0.15, 0.2) is 34.7 Å². The zero-order valence-electron chi connectivity index (χ0n) is 10.6. The summed E-state index contributed by atoms with van der Waals surface area (Å²) in [7, 11) is 2.04. The van der Waals surface area contributed by atoms with Gasteiger partial charge in [-0.25, -0.2) is 0 Å². The molecule has 2 rings (SSSR count). The highest BCUT2D eigenvalue weighted by molar-refractivity contribution is 6.30. The van der Waals surface area contributed by atoms with Crippen LogP contribution in [0, 0.1) is 6.92 Å². The first-order valence-corrected chi connectivity index (χ1v) is 6.19. The van der Waals surface area contributed by atoms with E-state index >= 15 is 0 Å². The molecule has 0 radical (unpaired) electrons. The minimum atomic E-state index is 0.673. The number of nitrogens with zero attached hydrogens (tertiary/aromatic N) is 1. The Kier molecular flexibility index (Phi) is 3.94. The SMILES string of the molecule is Cc1ccc(CN(C)Cc2cc(N)cc(Cl)c2)o1. The fourth-order valence-electron chi connectivity index (χ4n) is 1.97. The third-order valence-corrected chi connectivity index (χ3v) is 2.87. The lowest BCUT2D eigenvalue weighted by Crippen LogP contribution is -2.16. The fourth-order valence-corrected chi connectivity index (χ4v) is 2.24. The largest absolute Gasteiger partial charge is 0.465 e. The molecule has 0 bridgehead atoms. The lowest BCUT2D eigenvalue weighted by atomic mass is 10.2. The number of rotatable bonds is 4. The minimum absolute atomic E-state index is 0.673. The van der Waals surface area contributed by atoms with Gasteiger partial charge in [-0.1, -0.05) is 11.6 Å². The van der Waals surface area contributed by atoms with Crippen molar-refractivity contribution in [2.75, 3.05) is 12.8 Å². The topological polar surface area (TPSA) is 42.4 Å². The maximum atomic E-state index is 5.98. The third-order valence-electron chi connectivity index (χ3n) is 2.65. The summed E-state index contributed by atoms with van der Waals surface area (Å²) < 4.78 is 5.55. The Hall–Kier alpha value is -1.45. The molecular weight excluding hydrogens is 248 g/mol. The average molecular weight is 265 g/mol. The summed E-state index contributed by atoms with van der Waals surface area (Å²) in [5.41, 5.74) is 7.57. The van der Waals surface area contributed by atoms with Crippen LogP contribution in [-0.4, -0.2) is 11.9 Å². The van der Waals surface area contributed by atoms with E-state index in [0.29, 0.717) is 10.7 Å². The number of aryl methyl sites for hydroxylation is 1. The summed E-state index contributed by atoms with van der Waals surface area (Å²) in [6.07, 6.45) is 0. The lowest BCUT2D eigenvalue weighted by Gasteiger charge is -2.15. The zero-order valence-corrected chi connectivity index (χ0v) is 11.4. The second kappa shape index (κ2) is 5.46. The van der Waals surface area contributed by atoms with Crippen LogP contribution in [0.1, 0.15) is 17.1 Å². The molecule has 18 heavy (non-hydrogen) atoms. The Morgan fingerprint density at radius 1 is 1.22 bits per heavy atom. The lowest BCUT2D eigenvalue weighted by molar-refractivity contribution is 0.285. The van der Waals surface area contributed by atoms with E-state index in [1.165, 1.54) is 0 Å². The first-order valence-electron chi connectivity index (χ1n) is 5.82. The Labute approximate surface area is 112 Å². The van der Waals surface area contributed by atoms with Crippen molar-refractivity contribution < 1.29 is 4.42 Å². The fraction of sp³-hybridized carbons (Fsp3) is 0.286. The van der Waals surface area contributed by atoms with Crippen LogP contribution in [0.3, 0.4) is 0 Å². The second-order valence-electron chi connectivity index (χ2n) is 4.58. The highest BCUT2D eigenvalue weighted by Gasteiger charge is 2.06. The van der Waals surface area contributed by atoms with Crippen LogP contribution in [0.2, 0.25) is 5.02 Å². The van der Waals surface area contributed by atoms with Gasteiger partial charge in [-0.05, 0) is 49.9 Å². The predicted octanol–water partition coefficient (Wildman–Crippen LogP) is 3.46. The molecule has 0 amide bonds. The van der Waals surface area contributed by atoms with Crippen molar-refractivity contribution in [3.05, 3.63) is 52.4 Å². The molecule has 3 nitrogen and oxygen atoms in total. The molecule has 1 heterocycles. The summed E-state index contributed by atoms with van der Waals surface area (Å²) in [5, 5.41) is 0.673. The van der Waals surface area contributed by atoms with Crippen LogP contribution < -0.4 is 5.73 Å². The maximum Gasteiger partial charge on any atom is 0.118 e. The molecule has 0 aliphatic rings. The second-order valence-corrected chi connectivity index (χ2v) is 5.01. The van der Waals surface area contributed by atoms with Crippen molar-refractivity contribution in [3.8, 4) is 0 Å². The molecule has 1 aromatic carbocycles. The molecule has 0 atom stereocenters. The molecule has 0 spiro atoms. The summed E-state index contributed by atoms with van der Waals surface area (Å²) in [6, 6.07) is 9.59. The van der Waals surface area contributed by atoms with Crippen molar-refractivity contribution in [1.82, 2.24) is 4.90 Å². The molecule has 96 valence electrons. The first kappa shape index (κ1) is 13.0. The van der Waals surface area contributed by atoms with Gasteiger partial charge in [-0.3, -0.25) is 4.90 Å². The minimum Gasteiger partial charge on any atom is -0.465 e. The summed E-state index contributed by atoms with van der Waals surface area (Å²) in [5.74, 6) is 1.90. The van der Waals surface area contributed by atoms with Gasteiger partial charge in [0.25, 0.3) is 0 Å². The van der Waals surface area contributed by atoms with Gasteiger partial charge in [-0.15, -0.1) is 0 Å². The Morgan fingerprint density at radius 2 is 2.00 bits per heavy atom. The van der Waals surface area contributed by atoms with E-state index < -0.39 is 0 Å². The van der Waals surface area contributed by atoms with Gasteiger partial charge in [-0.2, -0.15) is 0 Å². The normalized spacial score (nSPS) is 11.1. The molecule has 0 unspecified atom stereocenters. The molecule has 2 N–H and O–H groups in total. The highest BCUT2D eigenvalue weighted by Crippen LogP contribution is 2.18. The summed E-state index contributed by atoms with van der Waals surface area (Å²) in [4.78, 5) is 2.16. The number of hydrogen-bond donors (Lipinski definition) is 1. The first-order chi connectivity index (χ1) is 8.52. The standard InChI is InChI=1S/C14H17ClN2O/c1-10-3-4-14(18-10)9-17(2)8-11-5-12(15)7-13(16)6-11/h3-7H,8-9,16H2,1-2H3. The van der Waals surface area contributed by atoms with Gasteiger partial charge in [0.2, 0.25) is 0 Å². The number of benzene rings is 1. The molecule has 0 saturated carbocycles. The van der Waals surface area contributed by atoms with Crippen LogP contribution >= 0.6 is 11.6 Å². The number of furan rings is 1. The van der Waals surface area contributed by atoms with Gasteiger partial charge in [0.05, 0.1) is 6.54 Å². The quantitative estimate of drug-likeness (QED) is 0.860. The van der Waals surface area contributed by atoms with Gasteiger partial charge in [0.1, 0.15) is 11.5 Å². The van der Waals surface area contributed by atoms with E-state index in [1.807, 2.05) is 38.2 Å². The van der Waals surface area contributed by atoms with Crippen molar-refractivity contribution in [1.29, 1.82) is 0 Å². The molecule has 0 aliphatic carbocycles. The molecule has 0 fully saturated rings. The molecule has 1 aromatic heterocycles. The maximum absolute atomic E-state index is 5.98. The van der Waals surface area contributed by atoms with Gasteiger partial charge >= 0.3 is 0 Å². The monoisotopic (exact) mass is 264 g/mol. The van der Waals surface area contributed by atoms with E-state index in [0.717, 1.165) is 30.2 Å². The van der Waals surface area contributed by atoms with Gasteiger partial charge in [0.15, 0.2) is 0 Å². The van der Waals surface area contributed by atoms with Crippen LogP contribution in [-0.2, 0) is 13.1 Å². The number of nitrogen functional groups attached to an aromatic ring is 1. The van der Waals surface area contributed by atoms with E-state index in [-0.39, 0.29) is 0 Å². The van der Waals surface area contributed by atoms with E-state index in [9.17, 15) is 0 Å². The third kappa shape index (κ3) is 3.52. The van der Waals surface area contributed by atoms with Crippen LogP contribution in [0.5, 0.6) is 0 Å². The Morgan fingerprint density at radius 3 is 2.61 bits per heavy atom. The predicted molar refractivity (Wildman–Crippen MR) is 74.5 cm³/mol. The van der Waals surface area contributed by atoms with Crippen molar-refractivity contribution in [2.45, 2.75) is 20.0 Å². The molecule has 4 heteroatoms. The molecule has 2 aromatic rings. The Balaban J connectivity index is 2.00. The smallest absolute Gasteiger partial charge is 0.118 e.